The summed E-state index contributed by atoms with van der Waals surface area (Å²) in [5, 5.41) is 6.01. The number of hydrogen-bond acceptors (Lipinski definition) is 3. The molecule has 3 nitrogen and oxygen atoms in total. The Morgan fingerprint density at radius 2 is 1.88 bits per heavy atom. The molecule has 1 aromatic heterocycles. The molecule has 3 aromatic rings. The minimum Gasteiger partial charge on any atom is -0.298 e. The molecular formula is C18H14Cl2N2OS. The van der Waals surface area contributed by atoms with Crippen LogP contribution in [-0.2, 0) is 6.42 Å². The minimum atomic E-state index is -0.268. The molecule has 1 amide bonds. The van der Waals surface area contributed by atoms with E-state index in [9.17, 15) is 4.79 Å². The summed E-state index contributed by atoms with van der Waals surface area (Å²) in [6, 6.07) is 13.0. The molecule has 2 aromatic carbocycles. The van der Waals surface area contributed by atoms with Gasteiger partial charge in [0.25, 0.3) is 5.91 Å². The summed E-state index contributed by atoms with van der Waals surface area (Å²) >= 11 is 13.2. The molecule has 0 fully saturated rings. The Bertz CT molecular complexity index is 875. The van der Waals surface area contributed by atoms with Crippen LogP contribution in [0.3, 0.4) is 0 Å². The van der Waals surface area contributed by atoms with E-state index in [2.05, 4.69) is 29.4 Å². The van der Waals surface area contributed by atoms with Gasteiger partial charge in [-0.15, -0.1) is 11.3 Å². The second kappa shape index (κ2) is 7.34. The van der Waals surface area contributed by atoms with Crippen molar-refractivity contribution in [3.8, 4) is 11.3 Å². The summed E-state index contributed by atoms with van der Waals surface area (Å²) in [7, 11) is 0. The van der Waals surface area contributed by atoms with E-state index in [4.69, 9.17) is 23.2 Å². The number of benzene rings is 2. The number of thiazole rings is 1. The Morgan fingerprint density at radius 1 is 1.12 bits per heavy atom. The van der Waals surface area contributed by atoms with E-state index < -0.39 is 0 Å². The maximum absolute atomic E-state index is 12.3. The minimum absolute atomic E-state index is 0.268. The lowest BCUT2D eigenvalue weighted by atomic mass is 10.1. The third-order valence-electron chi connectivity index (χ3n) is 3.56. The molecule has 0 unspecified atom stereocenters. The van der Waals surface area contributed by atoms with Gasteiger partial charge in [-0.25, -0.2) is 4.98 Å². The Balaban J connectivity index is 1.75. The van der Waals surface area contributed by atoms with Crippen LogP contribution in [0.4, 0.5) is 5.13 Å². The normalized spacial score (nSPS) is 10.6. The van der Waals surface area contributed by atoms with Gasteiger partial charge in [0.05, 0.1) is 15.7 Å². The van der Waals surface area contributed by atoms with Crippen LogP contribution in [0.5, 0.6) is 0 Å². The molecule has 122 valence electrons. The van der Waals surface area contributed by atoms with Crippen molar-refractivity contribution in [1.29, 1.82) is 0 Å². The van der Waals surface area contributed by atoms with Crippen molar-refractivity contribution in [2.75, 3.05) is 5.32 Å². The highest BCUT2D eigenvalue weighted by Gasteiger charge is 2.11. The largest absolute Gasteiger partial charge is 0.298 e. The van der Waals surface area contributed by atoms with Gasteiger partial charge >= 0.3 is 0 Å². The van der Waals surface area contributed by atoms with Crippen molar-refractivity contribution in [3.63, 3.8) is 0 Å². The molecule has 1 heterocycles. The highest BCUT2D eigenvalue weighted by molar-refractivity contribution is 7.14. The molecular weight excluding hydrogens is 363 g/mol. The summed E-state index contributed by atoms with van der Waals surface area (Å²) in [5.74, 6) is -0.268. The van der Waals surface area contributed by atoms with Crippen molar-refractivity contribution in [3.05, 3.63) is 69.0 Å². The Kier molecular flexibility index (Phi) is 5.19. The van der Waals surface area contributed by atoms with Gasteiger partial charge in [-0.1, -0.05) is 54.4 Å². The average Bonchev–Trinajstić information content (AvgIpc) is 3.06. The molecule has 24 heavy (non-hydrogen) atoms. The van der Waals surface area contributed by atoms with Gasteiger partial charge in [0.1, 0.15) is 0 Å². The van der Waals surface area contributed by atoms with Gasteiger partial charge in [0, 0.05) is 16.5 Å². The van der Waals surface area contributed by atoms with Crippen molar-refractivity contribution in [2.45, 2.75) is 13.3 Å². The first kappa shape index (κ1) is 17.0. The summed E-state index contributed by atoms with van der Waals surface area (Å²) in [6.07, 6.45) is 1.00. The second-order valence-corrected chi connectivity index (χ2v) is 6.84. The highest BCUT2D eigenvalue weighted by Crippen LogP contribution is 2.27. The number of carbonyl (C=O) groups is 1. The topological polar surface area (TPSA) is 42.0 Å². The zero-order chi connectivity index (χ0) is 17.1. The van der Waals surface area contributed by atoms with Crippen LogP contribution in [-0.4, -0.2) is 10.9 Å². The zero-order valence-corrected chi connectivity index (χ0v) is 15.2. The van der Waals surface area contributed by atoms with E-state index in [1.807, 2.05) is 17.5 Å². The van der Waals surface area contributed by atoms with E-state index in [0.717, 1.165) is 17.7 Å². The number of rotatable bonds is 4. The number of hydrogen-bond donors (Lipinski definition) is 1. The highest BCUT2D eigenvalue weighted by atomic mass is 35.5. The third-order valence-corrected chi connectivity index (χ3v) is 5.06. The summed E-state index contributed by atoms with van der Waals surface area (Å²) in [5.41, 5.74) is 3.58. The van der Waals surface area contributed by atoms with Gasteiger partial charge in [0.15, 0.2) is 5.13 Å². The first-order chi connectivity index (χ1) is 11.6. The lowest BCUT2D eigenvalue weighted by molar-refractivity contribution is 0.102. The standard InChI is InChI=1S/C18H14Cl2N2OS/c1-2-11-3-5-12(6-4-11)16-10-24-18(21-16)22-17(23)13-7-8-14(19)15(20)9-13/h3-10H,2H2,1H3,(H,21,22,23). The maximum atomic E-state index is 12.3. The predicted molar refractivity (Wildman–Crippen MR) is 101 cm³/mol. The van der Waals surface area contributed by atoms with E-state index in [0.29, 0.717) is 20.7 Å². The fourth-order valence-electron chi connectivity index (χ4n) is 2.18. The van der Waals surface area contributed by atoms with Crippen LogP contribution >= 0.6 is 34.5 Å². The molecule has 0 saturated heterocycles. The second-order valence-electron chi connectivity index (χ2n) is 5.17. The number of amides is 1. The number of nitrogens with zero attached hydrogens (tertiary/aromatic N) is 1. The predicted octanol–water partition coefficient (Wildman–Crippen LogP) is 5.93. The monoisotopic (exact) mass is 376 g/mol. The van der Waals surface area contributed by atoms with Gasteiger partial charge < -0.3 is 0 Å². The molecule has 3 rings (SSSR count). The van der Waals surface area contributed by atoms with Crippen LogP contribution < -0.4 is 5.32 Å². The number of aryl methyl sites for hydroxylation is 1. The molecule has 0 aliphatic rings. The van der Waals surface area contributed by atoms with Crippen LogP contribution in [0.15, 0.2) is 47.8 Å². The Morgan fingerprint density at radius 3 is 2.54 bits per heavy atom. The first-order valence-corrected chi connectivity index (χ1v) is 9.01. The third kappa shape index (κ3) is 3.78. The fourth-order valence-corrected chi connectivity index (χ4v) is 3.19. The first-order valence-electron chi connectivity index (χ1n) is 7.38. The number of anilines is 1. The molecule has 0 spiro atoms. The molecule has 0 saturated carbocycles. The van der Waals surface area contributed by atoms with E-state index in [1.54, 1.807) is 12.1 Å². The van der Waals surface area contributed by atoms with Gasteiger partial charge in [-0.05, 0) is 30.2 Å². The summed E-state index contributed by atoms with van der Waals surface area (Å²) in [4.78, 5) is 16.7. The maximum Gasteiger partial charge on any atom is 0.257 e. The summed E-state index contributed by atoms with van der Waals surface area (Å²) in [6.45, 7) is 2.12. The SMILES string of the molecule is CCc1ccc(-c2csc(NC(=O)c3ccc(Cl)c(Cl)c3)n2)cc1. The lowest BCUT2D eigenvalue weighted by Crippen LogP contribution is -2.11. The van der Waals surface area contributed by atoms with Crippen molar-refractivity contribution < 1.29 is 4.79 Å². The number of nitrogens with one attached hydrogen (secondary N) is 1. The van der Waals surface area contributed by atoms with E-state index >= 15 is 0 Å². The molecule has 0 radical (unpaired) electrons. The number of halogens is 2. The van der Waals surface area contributed by atoms with Gasteiger partial charge in [-0.2, -0.15) is 0 Å². The van der Waals surface area contributed by atoms with Crippen LogP contribution in [0.25, 0.3) is 11.3 Å². The Hall–Kier alpha value is -1.88. The van der Waals surface area contributed by atoms with E-state index in [-0.39, 0.29) is 5.91 Å². The quantitative estimate of drug-likeness (QED) is 0.612. The van der Waals surface area contributed by atoms with E-state index in [1.165, 1.54) is 23.0 Å². The Labute approximate surface area is 154 Å². The van der Waals surface area contributed by atoms with Gasteiger partial charge in [-0.3, -0.25) is 10.1 Å². The molecule has 0 atom stereocenters. The fraction of sp³-hybridized carbons (Fsp3) is 0.111. The van der Waals surface area contributed by atoms with Crippen molar-refractivity contribution in [2.24, 2.45) is 0 Å². The van der Waals surface area contributed by atoms with Crippen LogP contribution in [0, 0.1) is 0 Å². The lowest BCUT2D eigenvalue weighted by Gasteiger charge is -2.03. The molecule has 0 aliphatic heterocycles. The molecule has 0 aliphatic carbocycles. The number of aromatic nitrogens is 1. The molecule has 0 bridgehead atoms. The smallest absolute Gasteiger partial charge is 0.257 e. The molecule has 6 heteroatoms. The van der Waals surface area contributed by atoms with Crippen LogP contribution in [0.2, 0.25) is 10.0 Å². The average molecular weight is 377 g/mol. The number of carbonyl (C=O) groups excluding carboxylic acids is 1. The van der Waals surface area contributed by atoms with Crippen molar-refractivity contribution >= 4 is 45.6 Å². The van der Waals surface area contributed by atoms with Gasteiger partial charge in [0.2, 0.25) is 0 Å². The van der Waals surface area contributed by atoms with Crippen LogP contribution in [0.1, 0.15) is 22.8 Å². The summed E-state index contributed by atoms with van der Waals surface area (Å²) < 4.78 is 0. The van der Waals surface area contributed by atoms with Crippen molar-refractivity contribution in [1.82, 2.24) is 4.98 Å². The zero-order valence-electron chi connectivity index (χ0n) is 12.8. The molecule has 1 N–H and O–H groups in total.